The summed E-state index contributed by atoms with van der Waals surface area (Å²) in [5.74, 6) is 14.8. The lowest BCUT2D eigenvalue weighted by molar-refractivity contribution is -0.236. The van der Waals surface area contributed by atoms with Crippen LogP contribution in [0.15, 0.2) is 23.8 Å². The maximum absolute atomic E-state index is 4.41. The third-order valence-electron chi connectivity index (χ3n) is 23.7. The van der Waals surface area contributed by atoms with E-state index in [1.807, 2.05) is 0 Å². The molecular weight excluding hydrogens is 685 g/mol. The lowest BCUT2D eigenvalue weighted by atomic mass is 9.32. The number of hydrogen-bond acceptors (Lipinski definition) is 0. The topological polar surface area (TPSA) is 0 Å². The highest BCUT2D eigenvalue weighted by atomic mass is 14.8. The highest BCUT2D eigenvalue weighted by Crippen LogP contribution is 2.81. The van der Waals surface area contributed by atoms with Crippen LogP contribution in [0.3, 0.4) is 0 Å². The molecule has 0 bridgehead atoms. The van der Waals surface area contributed by atoms with Gasteiger partial charge in [0.1, 0.15) is 0 Å². The molecule has 0 amide bonds. The summed E-state index contributed by atoms with van der Waals surface area (Å²) in [5.41, 5.74) is 5.52. The van der Waals surface area contributed by atoms with Crippen molar-refractivity contribution in [2.45, 2.75) is 212 Å². The van der Waals surface area contributed by atoms with Crippen molar-refractivity contribution in [3.63, 3.8) is 0 Å². The van der Waals surface area contributed by atoms with Gasteiger partial charge in [-0.3, -0.25) is 0 Å². The molecule has 0 nitrogen and oxygen atoms in total. The third kappa shape index (κ3) is 7.01. The SMILES string of the molecule is C=C1C=C([C@H]2C(C)C[C@]3(C)[C@]4(C)CCC5(C)CC(CC6C[C@H](C)C(CC7C[C@H](C)C(CC8C[C@H](C)C(C)[C@@H](C)C8)[C@@H](C)C7)[C@@H](C)C6)CC[C@]5(C)C4CC[C@]23C)CC1. The molecule has 0 heterocycles. The molecule has 0 N–H and O–H groups in total. The van der Waals surface area contributed by atoms with E-state index in [0.717, 1.165) is 94.7 Å². The van der Waals surface area contributed by atoms with Gasteiger partial charge < -0.3 is 0 Å². The van der Waals surface area contributed by atoms with Gasteiger partial charge in [0.2, 0.25) is 0 Å². The molecule has 8 aliphatic carbocycles. The van der Waals surface area contributed by atoms with Crippen LogP contribution in [0, 0.1) is 122 Å². The van der Waals surface area contributed by atoms with E-state index in [1.165, 1.54) is 121 Å². The molecule has 0 aromatic rings. The summed E-state index contributed by atoms with van der Waals surface area (Å²) < 4.78 is 0. The Morgan fingerprint density at radius 1 is 0.509 bits per heavy atom. The molecular formula is C57H96. The van der Waals surface area contributed by atoms with Gasteiger partial charge >= 0.3 is 0 Å². The first-order valence-electron chi connectivity index (χ1n) is 26.1. The van der Waals surface area contributed by atoms with Crippen molar-refractivity contribution in [3.8, 4) is 0 Å². The lowest BCUT2D eigenvalue weighted by Gasteiger charge is -2.72. The number of hydrogen-bond donors (Lipinski definition) is 0. The molecule has 0 aliphatic heterocycles. The quantitative estimate of drug-likeness (QED) is 0.241. The first kappa shape index (κ1) is 43.1. The number of allylic oxidation sites excluding steroid dienone is 3. The molecule has 15 atom stereocenters. The minimum atomic E-state index is 0.433. The summed E-state index contributed by atoms with van der Waals surface area (Å²) in [6.07, 6.45) is 30.6. The summed E-state index contributed by atoms with van der Waals surface area (Å²) in [6.45, 7) is 39.5. The number of fused-ring (bicyclic) bond motifs is 5. The maximum Gasteiger partial charge on any atom is -0.0115 e. The Morgan fingerprint density at radius 2 is 1.02 bits per heavy atom. The van der Waals surface area contributed by atoms with Crippen molar-refractivity contribution >= 4 is 0 Å². The fourth-order valence-electron chi connectivity index (χ4n) is 20.1. The Kier molecular flexibility index (Phi) is 11.6. The van der Waals surface area contributed by atoms with E-state index in [4.69, 9.17) is 0 Å². The van der Waals surface area contributed by atoms with Crippen LogP contribution < -0.4 is 0 Å². The van der Waals surface area contributed by atoms with E-state index in [0.29, 0.717) is 27.1 Å². The van der Waals surface area contributed by atoms with E-state index in [-0.39, 0.29) is 0 Å². The maximum atomic E-state index is 4.41. The van der Waals surface area contributed by atoms with Crippen LogP contribution in [-0.4, -0.2) is 0 Å². The summed E-state index contributed by atoms with van der Waals surface area (Å²) in [4.78, 5) is 0. The summed E-state index contributed by atoms with van der Waals surface area (Å²) in [6, 6.07) is 0. The molecule has 0 heteroatoms. The van der Waals surface area contributed by atoms with Crippen molar-refractivity contribution in [2.24, 2.45) is 122 Å². The molecule has 57 heavy (non-hydrogen) atoms. The summed E-state index contributed by atoms with van der Waals surface area (Å²) in [5, 5.41) is 0. The monoisotopic (exact) mass is 781 g/mol. The second kappa shape index (κ2) is 15.4. The third-order valence-corrected chi connectivity index (χ3v) is 23.7. The molecule has 0 saturated heterocycles. The van der Waals surface area contributed by atoms with Crippen LogP contribution in [0.4, 0.5) is 0 Å². The van der Waals surface area contributed by atoms with Crippen molar-refractivity contribution in [3.05, 3.63) is 23.8 Å². The van der Waals surface area contributed by atoms with Crippen molar-refractivity contribution in [1.82, 2.24) is 0 Å². The Morgan fingerprint density at radius 3 is 1.54 bits per heavy atom. The average Bonchev–Trinajstić information content (AvgIpc) is 3.64. The lowest BCUT2D eigenvalue weighted by Crippen LogP contribution is -2.65. The van der Waals surface area contributed by atoms with Crippen LogP contribution in [0.2, 0.25) is 0 Å². The van der Waals surface area contributed by atoms with Gasteiger partial charge in [-0.15, -0.1) is 0 Å². The first-order valence-corrected chi connectivity index (χ1v) is 26.1. The van der Waals surface area contributed by atoms with E-state index in [9.17, 15) is 0 Å². The molecule has 0 aromatic heterocycles. The molecule has 7 fully saturated rings. The van der Waals surface area contributed by atoms with E-state index >= 15 is 0 Å². The highest BCUT2D eigenvalue weighted by molar-refractivity contribution is 5.35. The molecule has 324 valence electrons. The van der Waals surface area contributed by atoms with Crippen molar-refractivity contribution < 1.29 is 0 Å². The smallest absolute Gasteiger partial charge is 0.0115 e. The van der Waals surface area contributed by atoms with Crippen molar-refractivity contribution in [1.29, 1.82) is 0 Å². The Labute approximate surface area is 356 Å². The minimum absolute atomic E-state index is 0.433. The van der Waals surface area contributed by atoms with Gasteiger partial charge in [0.15, 0.2) is 0 Å². The zero-order chi connectivity index (χ0) is 41.0. The van der Waals surface area contributed by atoms with Crippen LogP contribution in [0.5, 0.6) is 0 Å². The minimum Gasteiger partial charge on any atom is -0.0958 e. The predicted molar refractivity (Wildman–Crippen MR) is 247 cm³/mol. The predicted octanol–water partition coefficient (Wildman–Crippen LogP) is 17.0. The van der Waals surface area contributed by atoms with Crippen molar-refractivity contribution in [2.75, 3.05) is 0 Å². The van der Waals surface area contributed by atoms with E-state index in [2.05, 4.69) is 103 Å². The zero-order valence-corrected chi connectivity index (χ0v) is 40.5. The Bertz CT molecular complexity index is 1460. The second-order valence-electron chi connectivity index (χ2n) is 26.7. The first-order chi connectivity index (χ1) is 26.7. The molecule has 8 aliphatic rings. The average molecular weight is 781 g/mol. The Balaban J connectivity index is 0.865. The van der Waals surface area contributed by atoms with Gasteiger partial charge in [-0.25, -0.2) is 0 Å². The van der Waals surface area contributed by atoms with Gasteiger partial charge in [0.25, 0.3) is 0 Å². The van der Waals surface area contributed by atoms with Gasteiger partial charge in [0, 0.05) is 0 Å². The van der Waals surface area contributed by atoms with E-state index < -0.39 is 0 Å². The summed E-state index contributed by atoms with van der Waals surface area (Å²) >= 11 is 0. The molecule has 0 radical (unpaired) electrons. The van der Waals surface area contributed by atoms with E-state index in [1.54, 1.807) is 12.0 Å². The van der Waals surface area contributed by atoms with Gasteiger partial charge in [-0.2, -0.15) is 0 Å². The van der Waals surface area contributed by atoms with Crippen LogP contribution in [0.25, 0.3) is 0 Å². The normalized spacial score (nSPS) is 56.8. The zero-order valence-electron chi connectivity index (χ0n) is 40.5. The number of rotatable bonds is 7. The fourth-order valence-corrected chi connectivity index (χ4v) is 20.1. The van der Waals surface area contributed by atoms with Crippen LogP contribution >= 0.6 is 0 Å². The Hall–Kier alpha value is -0.520. The summed E-state index contributed by atoms with van der Waals surface area (Å²) in [7, 11) is 0. The molecule has 0 spiro atoms. The second-order valence-corrected chi connectivity index (χ2v) is 26.7. The van der Waals surface area contributed by atoms with Crippen LogP contribution in [0.1, 0.15) is 212 Å². The van der Waals surface area contributed by atoms with Gasteiger partial charge in [-0.05, 0) is 244 Å². The largest absolute Gasteiger partial charge is 0.0958 e. The highest BCUT2D eigenvalue weighted by Gasteiger charge is 2.73. The van der Waals surface area contributed by atoms with Gasteiger partial charge in [-0.1, -0.05) is 114 Å². The molecule has 7 saturated carbocycles. The van der Waals surface area contributed by atoms with Crippen LogP contribution in [-0.2, 0) is 0 Å². The molecule has 4 unspecified atom stereocenters. The van der Waals surface area contributed by atoms with Gasteiger partial charge in [0.05, 0.1) is 0 Å². The molecule has 0 aromatic carbocycles. The fraction of sp³-hybridized carbons (Fsp3) is 0.930. The standard InChI is InChI=1S/C57H96/c1-35-15-16-48(23-35)52-42(8)33-57(14)55(12)22-21-53(10)34-44(17-19-54(53,11)51(55)18-20-56(52,57)13)30-45-26-38(4)50(39(5)27-45)32-47-28-40(6)49(41(7)29-47)31-46-24-36(2)43(9)37(3)25-46/h23,36-47,49-52H,1,15-22,24-34H2,2-14H3/t36-,37-,38-,39-,40-,41-,42?,43?,44?,45?,46?,47?,49?,50?,51?,52+,53?,54+,55+,56+,57+/m0/s1. The molecule has 8 rings (SSSR count).